The maximum absolute atomic E-state index is 6.20. The Kier molecular flexibility index (Phi) is 5.47. The van der Waals surface area contributed by atoms with E-state index in [2.05, 4.69) is 31.2 Å². The molecule has 0 aliphatic heterocycles. The minimum absolute atomic E-state index is 0.133. The van der Waals surface area contributed by atoms with Crippen LogP contribution in [0.5, 0.6) is 0 Å². The lowest BCUT2D eigenvalue weighted by Crippen LogP contribution is -2.23. The summed E-state index contributed by atoms with van der Waals surface area (Å²) in [6.07, 6.45) is 2.79. The molecule has 106 valence electrons. The second-order valence-corrected chi connectivity index (χ2v) is 6.05. The molecular formula is C17H19Cl2N. The van der Waals surface area contributed by atoms with E-state index in [1.165, 1.54) is 11.1 Å². The highest BCUT2D eigenvalue weighted by molar-refractivity contribution is 6.42. The first-order valence-corrected chi connectivity index (χ1v) is 7.55. The summed E-state index contributed by atoms with van der Waals surface area (Å²) >= 11 is 11.9. The number of rotatable bonds is 5. The highest BCUT2D eigenvalue weighted by Crippen LogP contribution is 2.23. The molecule has 0 saturated heterocycles. The molecule has 2 aromatic rings. The molecule has 0 amide bonds. The first-order valence-electron chi connectivity index (χ1n) is 6.79. The molecule has 1 unspecified atom stereocenters. The van der Waals surface area contributed by atoms with Crippen LogP contribution in [-0.4, -0.2) is 6.04 Å². The van der Waals surface area contributed by atoms with Gasteiger partial charge in [-0.1, -0.05) is 59.1 Å². The Hall–Kier alpha value is -1.02. The summed E-state index contributed by atoms with van der Waals surface area (Å²) in [4.78, 5) is 0. The van der Waals surface area contributed by atoms with Crippen molar-refractivity contribution in [2.24, 2.45) is 5.73 Å². The molecule has 3 heteroatoms. The average molecular weight is 308 g/mol. The van der Waals surface area contributed by atoms with Gasteiger partial charge < -0.3 is 5.73 Å². The Labute approximate surface area is 130 Å². The van der Waals surface area contributed by atoms with Crippen LogP contribution in [0.3, 0.4) is 0 Å². The molecule has 0 spiro atoms. The zero-order chi connectivity index (χ0) is 14.5. The minimum atomic E-state index is 0.133. The van der Waals surface area contributed by atoms with Gasteiger partial charge >= 0.3 is 0 Å². The van der Waals surface area contributed by atoms with Crippen LogP contribution in [0.1, 0.15) is 23.1 Å². The van der Waals surface area contributed by atoms with Gasteiger partial charge in [0.05, 0.1) is 10.0 Å². The third-order valence-corrected chi connectivity index (χ3v) is 4.15. The molecule has 1 atom stereocenters. The van der Waals surface area contributed by atoms with Crippen molar-refractivity contribution in [2.45, 2.75) is 32.2 Å². The fourth-order valence-electron chi connectivity index (χ4n) is 2.18. The van der Waals surface area contributed by atoms with E-state index in [0.29, 0.717) is 10.0 Å². The second kappa shape index (κ2) is 7.12. The molecule has 1 nitrogen and oxygen atoms in total. The lowest BCUT2D eigenvalue weighted by Gasteiger charge is -2.12. The lowest BCUT2D eigenvalue weighted by molar-refractivity contribution is 0.610. The Morgan fingerprint density at radius 3 is 2.25 bits per heavy atom. The van der Waals surface area contributed by atoms with Crippen molar-refractivity contribution in [3.05, 3.63) is 69.2 Å². The summed E-state index contributed by atoms with van der Waals surface area (Å²) in [5, 5.41) is 1.18. The third kappa shape index (κ3) is 4.52. The van der Waals surface area contributed by atoms with Gasteiger partial charge in [0, 0.05) is 6.04 Å². The van der Waals surface area contributed by atoms with Crippen molar-refractivity contribution in [1.29, 1.82) is 0 Å². The first-order chi connectivity index (χ1) is 9.54. The Bertz CT molecular complexity index is 564. The van der Waals surface area contributed by atoms with Gasteiger partial charge in [-0.3, -0.25) is 0 Å². The van der Waals surface area contributed by atoms with Gasteiger partial charge in [-0.15, -0.1) is 0 Å². The Balaban J connectivity index is 1.87. The predicted molar refractivity (Wildman–Crippen MR) is 87.6 cm³/mol. The van der Waals surface area contributed by atoms with Crippen molar-refractivity contribution < 1.29 is 0 Å². The molecule has 0 fully saturated rings. The van der Waals surface area contributed by atoms with Crippen LogP contribution in [0.25, 0.3) is 0 Å². The molecule has 20 heavy (non-hydrogen) atoms. The molecule has 2 aromatic carbocycles. The topological polar surface area (TPSA) is 26.0 Å². The van der Waals surface area contributed by atoms with Gasteiger partial charge in [-0.2, -0.15) is 0 Å². The molecule has 0 radical (unpaired) electrons. The van der Waals surface area contributed by atoms with Crippen molar-refractivity contribution >= 4 is 23.2 Å². The number of hydrogen-bond acceptors (Lipinski definition) is 1. The van der Waals surface area contributed by atoms with E-state index in [-0.39, 0.29) is 6.04 Å². The molecule has 0 saturated carbocycles. The van der Waals surface area contributed by atoms with Gasteiger partial charge in [0.25, 0.3) is 0 Å². The third-order valence-electron chi connectivity index (χ3n) is 3.41. The lowest BCUT2D eigenvalue weighted by atomic mass is 9.99. The molecule has 0 aliphatic rings. The average Bonchev–Trinajstić information content (AvgIpc) is 2.42. The zero-order valence-corrected chi connectivity index (χ0v) is 13.1. The van der Waals surface area contributed by atoms with E-state index in [4.69, 9.17) is 28.9 Å². The quantitative estimate of drug-likeness (QED) is 0.843. The summed E-state index contributed by atoms with van der Waals surface area (Å²) in [7, 11) is 0. The standard InChI is InChI=1S/C17H19Cl2N/c1-12-2-4-13(5-3-12)6-8-15(20)10-14-7-9-16(18)17(19)11-14/h2-5,7,9,11,15H,6,8,10,20H2,1H3. The van der Waals surface area contributed by atoms with Crippen molar-refractivity contribution in [1.82, 2.24) is 0 Å². The van der Waals surface area contributed by atoms with Crippen LogP contribution in [0.15, 0.2) is 42.5 Å². The van der Waals surface area contributed by atoms with Crippen LogP contribution in [0.4, 0.5) is 0 Å². The summed E-state index contributed by atoms with van der Waals surface area (Å²) in [6, 6.07) is 14.5. The van der Waals surface area contributed by atoms with Crippen LogP contribution in [0, 0.1) is 6.92 Å². The van der Waals surface area contributed by atoms with E-state index in [1.54, 1.807) is 0 Å². The maximum atomic E-state index is 6.20. The van der Waals surface area contributed by atoms with E-state index in [1.807, 2.05) is 18.2 Å². The largest absolute Gasteiger partial charge is 0.327 e. The molecule has 0 bridgehead atoms. The van der Waals surface area contributed by atoms with Gasteiger partial charge in [0.2, 0.25) is 0 Å². The van der Waals surface area contributed by atoms with Gasteiger partial charge in [0.1, 0.15) is 0 Å². The SMILES string of the molecule is Cc1ccc(CCC(N)Cc2ccc(Cl)c(Cl)c2)cc1. The van der Waals surface area contributed by atoms with E-state index >= 15 is 0 Å². The molecule has 0 aromatic heterocycles. The normalized spacial score (nSPS) is 12.4. The van der Waals surface area contributed by atoms with Crippen molar-refractivity contribution in [2.75, 3.05) is 0 Å². The number of aryl methyl sites for hydroxylation is 2. The predicted octanol–water partition coefficient (Wildman–Crippen LogP) is 4.80. The summed E-state index contributed by atoms with van der Waals surface area (Å²) in [5.41, 5.74) is 9.95. The summed E-state index contributed by atoms with van der Waals surface area (Å²) < 4.78 is 0. The fraction of sp³-hybridized carbons (Fsp3) is 0.294. The fourth-order valence-corrected chi connectivity index (χ4v) is 2.50. The second-order valence-electron chi connectivity index (χ2n) is 5.24. The Morgan fingerprint density at radius 1 is 0.950 bits per heavy atom. The smallest absolute Gasteiger partial charge is 0.0595 e. The highest BCUT2D eigenvalue weighted by Gasteiger charge is 2.06. The van der Waals surface area contributed by atoms with Crippen molar-refractivity contribution in [3.8, 4) is 0 Å². The molecule has 2 rings (SSSR count). The van der Waals surface area contributed by atoms with Crippen LogP contribution in [-0.2, 0) is 12.8 Å². The molecular weight excluding hydrogens is 289 g/mol. The van der Waals surface area contributed by atoms with Crippen LogP contribution in [0.2, 0.25) is 10.0 Å². The monoisotopic (exact) mass is 307 g/mol. The van der Waals surface area contributed by atoms with E-state index in [0.717, 1.165) is 24.8 Å². The van der Waals surface area contributed by atoms with Crippen LogP contribution < -0.4 is 5.73 Å². The number of benzene rings is 2. The molecule has 0 heterocycles. The van der Waals surface area contributed by atoms with E-state index < -0.39 is 0 Å². The summed E-state index contributed by atoms with van der Waals surface area (Å²) in [5.74, 6) is 0. The highest BCUT2D eigenvalue weighted by atomic mass is 35.5. The zero-order valence-electron chi connectivity index (χ0n) is 11.6. The minimum Gasteiger partial charge on any atom is -0.327 e. The summed E-state index contributed by atoms with van der Waals surface area (Å²) in [6.45, 7) is 2.10. The van der Waals surface area contributed by atoms with Crippen molar-refractivity contribution in [3.63, 3.8) is 0 Å². The van der Waals surface area contributed by atoms with Gasteiger partial charge in [0.15, 0.2) is 0 Å². The number of nitrogens with two attached hydrogens (primary N) is 1. The molecule has 2 N–H and O–H groups in total. The van der Waals surface area contributed by atoms with E-state index in [9.17, 15) is 0 Å². The first kappa shape index (κ1) is 15.4. The number of halogens is 2. The van der Waals surface area contributed by atoms with Gasteiger partial charge in [-0.25, -0.2) is 0 Å². The van der Waals surface area contributed by atoms with Crippen LogP contribution >= 0.6 is 23.2 Å². The van der Waals surface area contributed by atoms with Gasteiger partial charge in [-0.05, 0) is 49.4 Å². The Morgan fingerprint density at radius 2 is 1.60 bits per heavy atom. The maximum Gasteiger partial charge on any atom is 0.0595 e. The molecule has 0 aliphatic carbocycles. The number of hydrogen-bond donors (Lipinski definition) is 1.